The number of hydrogen-bond acceptors (Lipinski definition) is 5. The predicted octanol–water partition coefficient (Wildman–Crippen LogP) is 2.45. The molecule has 6 heteroatoms. The smallest absolute Gasteiger partial charge is 0.315 e. The molecule has 0 saturated carbocycles. The Bertz CT molecular complexity index is 445. The maximum absolute atomic E-state index is 11.2. The van der Waals surface area contributed by atoms with Gasteiger partial charge in [0.1, 0.15) is 5.41 Å². The molecule has 1 saturated heterocycles. The topological polar surface area (TPSA) is 53.4 Å². The molecule has 0 aromatic carbocycles. The summed E-state index contributed by atoms with van der Waals surface area (Å²) in [7, 11) is 0. The Hall–Kier alpha value is -0.750. The molecule has 0 spiro atoms. The fourth-order valence-electron chi connectivity index (χ4n) is 1.80. The third-order valence-corrected chi connectivity index (χ3v) is 5.22. The van der Waals surface area contributed by atoms with E-state index in [4.69, 9.17) is 0 Å². The summed E-state index contributed by atoms with van der Waals surface area (Å²) in [5, 5.41) is 12.6. The molecule has 1 aromatic rings. The largest absolute Gasteiger partial charge is 0.481 e. The van der Waals surface area contributed by atoms with Gasteiger partial charge in [0.25, 0.3) is 0 Å². The van der Waals surface area contributed by atoms with Gasteiger partial charge in [-0.2, -0.15) is 11.8 Å². The van der Waals surface area contributed by atoms with Crippen LogP contribution in [0.5, 0.6) is 0 Å². The van der Waals surface area contributed by atoms with E-state index in [9.17, 15) is 9.90 Å². The van der Waals surface area contributed by atoms with Gasteiger partial charge >= 0.3 is 5.97 Å². The fraction of sp³-hybridized carbons (Fsp3) is 0.667. The first-order chi connectivity index (χ1) is 8.41. The molecule has 0 amide bonds. The summed E-state index contributed by atoms with van der Waals surface area (Å²) >= 11 is 3.52. The van der Waals surface area contributed by atoms with Crippen molar-refractivity contribution in [1.29, 1.82) is 0 Å². The maximum atomic E-state index is 11.2. The minimum absolute atomic E-state index is 0.610. The minimum atomic E-state index is -0.912. The Morgan fingerprint density at radius 3 is 2.94 bits per heavy atom. The van der Waals surface area contributed by atoms with Crippen molar-refractivity contribution < 1.29 is 9.90 Å². The highest BCUT2D eigenvalue weighted by Gasteiger charge is 2.33. The molecule has 1 fully saturated rings. The van der Waals surface area contributed by atoms with E-state index in [0.717, 1.165) is 24.0 Å². The van der Waals surface area contributed by atoms with Crippen molar-refractivity contribution in [3.63, 3.8) is 0 Å². The van der Waals surface area contributed by atoms with Crippen molar-refractivity contribution in [1.82, 2.24) is 4.98 Å². The SMILES string of the molecule is CC1CN(c2nc(C(C)(C)C(=O)O)cs2)CCS1. The van der Waals surface area contributed by atoms with Crippen LogP contribution in [0.1, 0.15) is 26.5 Å². The van der Waals surface area contributed by atoms with Crippen LogP contribution < -0.4 is 4.90 Å². The summed E-state index contributed by atoms with van der Waals surface area (Å²) in [6.07, 6.45) is 0. The van der Waals surface area contributed by atoms with E-state index in [1.54, 1.807) is 25.2 Å². The van der Waals surface area contributed by atoms with Crippen LogP contribution in [0.15, 0.2) is 5.38 Å². The molecule has 0 aliphatic carbocycles. The van der Waals surface area contributed by atoms with Gasteiger partial charge in [0.05, 0.1) is 5.69 Å². The second-order valence-electron chi connectivity index (χ2n) is 5.07. The first-order valence-electron chi connectivity index (χ1n) is 5.97. The molecule has 1 N–H and O–H groups in total. The summed E-state index contributed by atoms with van der Waals surface area (Å²) < 4.78 is 0. The number of carboxylic acids is 1. The van der Waals surface area contributed by atoms with Gasteiger partial charge in [0.15, 0.2) is 5.13 Å². The molecular weight excluding hydrogens is 268 g/mol. The minimum Gasteiger partial charge on any atom is -0.481 e. The van der Waals surface area contributed by atoms with E-state index in [1.807, 2.05) is 17.1 Å². The Labute approximate surface area is 115 Å². The normalized spacial score (nSPS) is 21.1. The zero-order valence-corrected chi connectivity index (χ0v) is 12.5. The van der Waals surface area contributed by atoms with E-state index in [2.05, 4.69) is 16.8 Å². The molecule has 1 atom stereocenters. The summed E-state index contributed by atoms with van der Waals surface area (Å²) in [4.78, 5) is 18.0. The molecule has 18 heavy (non-hydrogen) atoms. The van der Waals surface area contributed by atoms with Crippen LogP contribution in [0.3, 0.4) is 0 Å². The number of carbonyl (C=O) groups is 1. The lowest BCUT2D eigenvalue weighted by molar-refractivity contribution is -0.142. The van der Waals surface area contributed by atoms with Gasteiger partial charge in [0, 0.05) is 29.5 Å². The van der Waals surface area contributed by atoms with Crippen LogP contribution in [-0.2, 0) is 10.2 Å². The van der Waals surface area contributed by atoms with Gasteiger partial charge < -0.3 is 10.0 Å². The average Bonchev–Trinajstić information content (AvgIpc) is 2.78. The molecule has 1 aliphatic rings. The Balaban J connectivity index is 2.17. The highest BCUT2D eigenvalue weighted by molar-refractivity contribution is 8.00. The van der Waals surface area contributed by atoms with Gasteiger partial charge in [-0.1, -0.05) is 6.92 Å². The van der Waals surface area contributed by atoms with Gasteiger partial charge in [-0.3, -0.25) is 4.79 Å². The summed E-state index contributed by atoms with van der Waals surface area (Å²) in [6.45, 7) is 7.60. The number of aliphatic carboxylic acids is 1. The van der Waals surface area contributed by atoms with Crippen molar-refractivity contribution >= 4 is 34.2 Å². The zero-order chi connectivity index (χ0) is 13.3. The number of hydrogen-bond donors (Lipinski definition) is 1. The third kappa shape index (κ3) is 2.64. The molecule has 0 radical (unpaired) electrons. The predicted molar refractivity (Wildman–Crippen MR) is 76.9 cm³/mol. The number of carboxylic acid groups (broad SMARTS) is 1. The molecule has 2 rings (SSSR count). The quantitative estimate of drug-likeness (QED) is 0.925. The summed E-state index contributed by atoms with van der Waals surface area (Å²) in [6, 6.07) is 0. The van der Waals surface area contributed by atoms with E-state index in [1.165, 1.54) is 0 Å². The molecule has 1 aromatic heterocycles. The van der Waals surface area contributed by atoms with Crippen LogP contribution in [0.25, 0.3) is 0 Å². The van der Waals surface area contributed by atoms with Gasteiger partial charge in [-0.25, -0.2) is 4.98 Å². The molecule has 2 heterocycles. The second-order valence-corrected chi connectivity index (χ2v) is 7.46. The Kier molecular flexibility index (Phi) is 3.87. The van der Waals surface area contributed by atoms with Crippen molar-refractivity contribution in [3.8, 4) is 0 Å². The number of thioether (sulfide) groups is 1. The molecular formula is C12H18N2O2S2. The number of nitrogens with zero attached hydrogens (tertiary/aromatic N) is 2. The first-order valence-corrected chi connectivity index (χ1v) is 7.90. The maximum Gasteiger partial charge on any atom is 0.315 e. The zero-order valence-electron chi connectivity index (χ0n) is 10.8. The molecule has 0 bridgehead atoms. The van der Waals surface area contributed by atoms with E-state index in [0.29, 0.717) is 10.9 Å². The first kappa shape index (κ1) is 13.7. The Morgan fingerprint density at radius 2 is 2.33 bits per heavy atom. The number of anilines is 1. The van der Waals surface area contributed by atoms with Crippen molar-refractivity contribution in [2.24, 2.45) is 0 Å². The van der Waals surface area contributed by atoms with Gasteiger partial charge in [0.2, 0.25) is 0 Å². The van der Waals surface area contributed by atoms with Crippen LogP contribution in [0.4, 0.5) is 5.13 Å². The average molecular weight is 286 g/mol. The number of thiazole rings is 1. The fourth-order valence-corrected chi connectivity index (χ4v) is 3.84. The van der Waals surface area contributed by atoms with Crippen molar-refractivity contribution in [2.75, 3.05) is 23.7 Å². The van der Waals surface area contributed by atoms with Crippen LogP contribution >= 0.6 is 23.1 Å². The third-order valence-electron chi connectivity index (χ3n) is 3.18. The van der Waals surface area contributed by atoms with E-state index in [-0.39, 0.29) is 0 Å². The number of rotatable bonds is 3. The second kappa shape index (κ2) is 5.09. The molecule has 1 aliphatic heterocycles. The number of aromatic nitrogens is 1. The molecule has 100 valence electrons. The Morgan fingerprint density at radius 1 is 1.61 bits per heavy atom. The standard InChI is InChI=1S/C12H18N2O2S2/c1-8-6-14(4-5-17-8)11-13-9(7-18-11)12(2,3)10(15)16/h7-8H,4-6H2,1-3H3,(H,15,16). The van der Waals surface area contributed by atoms with Crippen molar-refractivity contribution in [2.45, 2.75) is 31.4 Å². The summed E-state index contributed by atoms with van der Waals surface area (Å²) in [5.41, 5.74) is -0.258. The van der Waals surface area contributed by atoms with E-state index < -0.39 is 11.4 Å². The lowest BCUT2D eigenvalue weighted by atomic mass is 9.90. The van der Waals surface area contributed by atoms with E-state index >= 15 is 0 Å². The van der Waals surface area contributed by atoms with Gasteiger partial charge in [-0.05, 0) is 13.8 Å². The molecule has 1 unspecified atom stereocenters. The van der Waals surface area contributed by atoms with Crippen LogP contribution in [-0.4, -0.2) is 40.2 Å². The monoisotopic (exact) mass is 286 g/mol. The highest BCUT2D eigenvalue weighted by atomic mass is 32.2. The summed E-state index contributed by atoms with van der Waals surface area (Å²) in [5.74, 6) is 0.278. The lowest BCUT2D eigenvalue weighted by Crippen LogP contribution is -2.36. The highest BCUT2D eigenvalue weighted by Crippen LogP contribution is 2.31. The van der Waals surface area contributed by atoms with Crippen LogP contribution in [0, 0.1) is 0 Å². The molecule has 4 nitrogen and oxygen atoms in total. The van der Waals surface area contributed by atoms with Crippen LogP contribution in [0.2, 0.25) is 0 Å². The lowest BCUT2D eigenvalue weighted by Gasteiger charge is -2.30. The van der Waals surface area contributed by atoms with Crippen molar-refractivity contribution in [3.05, 3.63) is 11.1 Å². The van der Waals surface area contributed by atoms with Gasteiger partial charge in [-0.15, -0.1) is 11.3 Å².